The molecular weight excluding hydrogens is 247 g/mol. The fourth-order valence-electron chi connectivity index (χ4n) is 1.70. The fourth-order valence-corrected chi connectivity index (χ4v) is 1.70. The van der Waals surface area contributed by atoms with Crippen molar-refractivity contribution in [3.8, 4) is 5.69 Å². The molecule has 0 radical (unpaired) electrons. The summed E-state index contributed by atoms with van der Waals surface area (Å²) in [4.78, 5) is 10.8. The highest BCUT2D eigenvalue weighted by atomic mass is 19.1. The standard InChI is InChI=1S/C14H13FN2O2/c1-9(14(18)19)7-11-8-16-17(10(11)2)13-5-3-12(15)4-6-13/h3-8H,1-2H3,(H,18,19)/b9-7+. The number of carboxylic acids is 1. The highest BCUT2D eigenvalue weighted by Crippen LogP contribution is 2.17. The van der Waals surface area contributed by atoms with E-state index in [1.165, 1.54) is 19.1 Å². The van der Waals surface area contributed by atoms with Gasteiger partial charge >= 0.3 is 5.97 Å². The Labute approximate surface area is 109 Å². The molecule has 0 aliphatic rings. The summed E-state index contributed by atoms with van der Waals surface area (Å²) in [6, 6.07) is 5.95. The SMILES string of the molecule is C/C(=C\c1cnn(-c2ccc(F)cc2)c1C)C(=O)O. The zero-order valence-electron chi connectivity index (χ0n) is 10.6. The molecule has 1 heterocycles. The summed E-state index contributed by atoms with van der Waals surface area (Å²) in [6.07, 6.45) is 3.15. The van der Waals surface area contributed by atoms with Crippen LogP contribution in [0, 0.1) is 12.7 Å². The van der Waals surface area contributed by atoms with Crippen molar-refractivity contribution in [1.82, 2.24) is 9.78 Å². The molecule has 0 fully saturated rings. The van der Waals surface area contributed by atoms with Crippen LogP contribution in [0.5, 0.6) is 0 Å². The lowest BCUT2D eigenvalue weighted by Gasteiger charge is -2.04. The number of hydrogen-bond donors (Lipinski definition) is 1. The Bertz CT molecular complexity index is 642. The summed E-state index contributed by atoms with van der Waals surface area (Å²) in [5.41, 5.74) is 2.49. The van der Waals surface area contributed by atoms with Gasteiger partial charge in [0.15, 0.2) is 0 Å². The number of rotatable bonds is 3. The average molecular weight is 260 g/mol. The van der Waals surface area contributed by atoms with Crippen LogP contribution in [0.2, 0.25) is 0 Å². The minimum Gasteiger partial charge on any atom is -0.478 e. The molecule has 0 atom stereocenters. The van der Waals surface area contributed by atoms with Crippen LogP contribution in [0.3, 0.4) is 0 Å². The van der Waals surface area contributed by atoms with Crippen LogP contribution < -0.4 is 0 Å². The molecule has 5 heteroatoms. The Kier molecular flexibility index (Phi) is 3.46. The first-order chi connectivity index (χ1) is 8.99. The number of carboxylic acid groups (broad SMARTS) is 1. The zero-order chi connectivity index (χ0) is 14.0. The summed E-state index contributed by atoms with van der Waals surface area (Å²) in [5, 5.41) is 13.0. The summed E-state index contributed by atoms with van der Waals surface area (Å²) in [7, 11) is 0. The van der Waals surface area contributed by atoms with Crippen LogP contribution in [0.4, 0.5) is 4.39 Å². The van der Waals surface area contributed by atoms with E-state index in [0.29, 0.717) is 0 Å². The molecule has 2 rings (SSSR count). The predicted octanol–water partition coefficient (Wildman–Crippen LogP) is 2.81. The Morgan fingerprint density at radius 3 is 2.58 bits per heavy atom. The lowest BCUT2D eigenvalue weighted by Crippen LogP contribution is -1.99. The van der Waals surface area contributed by atoms with E-state index in [-0.39, 0.29) is 11.4 Å². The van der Waals surface area contributed by atoms with E-state index < -0.39 is 5.97 Å². The van der Waals surface area contributed by atoms with Gasteiger partial charge in [-0.1, -0.05) is 0 Å². The van der Waals surface area contributed by atoms with E-state index in [2.05, 4.69) is 5.10 Å². The van der Waals surface area contributed by atoms with Crippen molar-refractivity contribution in [2.45, 2.75) is 13.8 Å². The molecule has 0 saturated carbocycles. The maximum Gasteiger partial charge on any atom is 0.331 e. The van der Waals surface area contributed by atoms with Crippen molar-refractivity contribution in [1.29, 1.82) is 0 Å². The third kappa shape index (κ3) is 2.70. The molecular formula is C14H13FN2O2. The predicted molar refractivity (Wildman–Crippen MR) is 69.5 cm³/mol. The molecule has 0 bridgehead atoms. The van der Waals surface area contributed by atoms with Crippen LogP contribution in [0.1, 0.15) is 18.2 Å². The minimum atomic E-state index is -0.964. The zero-order valence-corrected chi connectivity index (χ0v) is 10.6. The number of nitrogens with zero attached hydrogens (tertiary/aromatic N) is 2. The largest absolute Gasteiger partial charge is 0.478 e. The van der Waals surface area contributed by atoms with Gasteiger partial charge in [0.1, 0.15) is 5.82 Å². The van der Waals surface area contributed by atoms with Crippen molar-refractivity contribution >= 4 is 12.0 Å². The molecule has 0 aliphatic heterocycles. The van der Waals surface area contributed by atoms with Crippen molar-refractivity contribution in [3.05, 3.63) is 53.1 Å². The third-order valence-electron chi connectivity index (χ3n) is 2.83. The van der Waals surface area contributed by atoms with Gasteiger partial charge in [-0.05, 0) is 44.2 Å². The summed E-state index contributed by atoms with van der Waals surface area (Å²) in [5.74, 6) is -1.27. The molecule has 98 valence electrons. The molecule has 0 unspecified atom stereocenters. The number of carbonyl (C=O) groups is 1. The van der Waals surface area contributed by atoms with E-state index in [0.717, 1.165) is 16.9 Å². The van der Waals surface area contributed by atoms with Gasteiger partial charge in [-0.15, -0.1) is 0 Å². The summed E-state index contributed by atoms with van der Waals surface area (Å²) >= 11 is 0. The second kappa shape index (κ2) is 5.06. The van der Waals surface area contributed by atoms with Gasteiger partial charge in [0.2, 0.25) is 0 Å². The summed E-state index contributed by atoms with van der Waals surface area (Å²) < 4.78 is 14.5. The normalized spacial score (nSPS) is 11.6. The molecule has 4 nitrogen and oxygen atoms in total. The Balaban J connectivity index is 2.41. The Hall–Kier alpha value is -2.43. The molecule has 2 aromatic rings. The van der Waals surface area contributed by atoms with Gasteiger partial charge in [0.25, 0.3) is 0 Å². The first kappa shape index (κ1) is 13.0. The molecule has 0 amide bonds. The van der Waals surface area contributed by atoms with E-state index in [9.17, 15) is 9.18 Å². The van der Waals surface area contributed by atoms with Crippen LogP contribution in [0.15, 0.2) is 36.0 Å². The molecule has 1 N–H and O–H groups in total. The number of halogens is 1. The maximum atomic E-state index is 12.9. The van der Waals surface area contributed by atoms with Crippen molar-refractivity contribution in [3.63, 3.8) is 0 Å². The lowest BCUT2D eigenvalue weighted by molar-refractivity contribution is -0.132. The van der Waals surface area contributed by atoms with Gasteiger partial charge in [0, 0.05) is 16.8 Å². The minimum absolute atomic E-state index is 0.238. The number of benzene rings is 1. The van der Waals surface area contributed by atoms with Crippen LogP contribution >= 0.6 is 0 Å². The van der Waals surface area contributed by atoms with Crippen molar-refractivity contribution < 1.29 is 14.3 Å². The van der Waals surface area contributed by atoms with E-state index in [4.69, 9.17) is 5.11 Å². The van der Waals surface area contributed by atoms with Crippen LogP contribution in [0.25, 0.3) is 11.8 Å². The van der Waals surface area contributed by atoms with Gasteiger partial charge in [-0.2, -0.15) is 5.10 Å². The number of aromatic nitrogens is 2. The first-order valence-corrected chi connectivity index (χ1v) is 5.71. The molecule has 0 saturated heterocycles. The summed E-state index contributed by atoms with van der Waals surface area (Å²) in [6.45, 7) is 3.36. The fraction of sp³-hybridized carbons (Fsp3) is 0.143. The molecule has 1 aromatic heterocycles. The molecule has 1 aromatic carbocycles. The molecule has 0 spiro atoms. The van der Waals surface area contributed by atoms with Gasteiger partial charge in [-0.25, -0.2) is 13.9 Å². The first-order valence-electron chi connectivity index (χ1n) is 5.71. The van der Waals surface area contributed by atoms with Crippen molar-refractivity contribution in [2.75, 3.05) is 0 Å². The lowest BCUT2D eigenvalue weighted by atomic mass is 10.2. The van der Waals surface area contributed by atoms with E-state index in [1.54, 1.807) is 29.1 Å². The van der Waals surface area contributed by atoms with E-state index in [1.807, 2.05) is 6.92 Å². The monoisotopic (exact) mass is 260 g/mol. The topological polar surface area (TPSA) is 55.1 Å². The van der Waals surface area contributed by atoms with Gasteiger partial charge in [0.05, 0.1) is 11.9 Å². The average Bonchev–Trinajstić information content (AvgIpc) is 2.72. The number of hydrogen-bond acceptors (Lipinski definition) is 2. The van der Waals surface area contributed by atoms with E-state index >= 15 is 0 Å². The quantitative estimate of drug-likeness (QED) is 0.863. The van der Waals surface area contributed by atoms with Crippen molar-refractivity contribution in [2.24, 2.45) is 0 Å². The second-order valence-electron chi connectivity index (χ2n) is 4.21. The third-order valence-corrected chi connectivity index (χ3v) is 2.83. The molecule has 0 aliphatic carbocycles. The molecule has 19 heavy (non-hydrogen) atoms. The maximum absolute atomic E-state index is 12.9. The number of aliphatic carboxylic acids is 1. The smallest absolute Gasteiger partial charge is 0.331 e. The Morgan fingerprint density at radius 2 is 2.00 bits per heavy atom. The second-order valence-corrected chi connectivity index (χ2v) is 4.21. The van der Waals surface area contributed by atoms with Crippen LogP contribution in [-0.4, -0.2) is 20.9 Å². The highest BCUT2D eigenvalue weighted by Gasteiger charge is 2.08. The van der Waals surface area contributed by atoms with Gasteiger partial charge < -0.3 is 5.11 Å². The van der Waals surface area contributed by atoms with Gasteiger partial charge in [-0.3, -0.25) is 0 Å². The highest BCUT2D eigenvalue weighted by molar-refractivity contribution is 5.91. The van der Waals surface area contributed by atoms with Crippen LogP contribution in [-0.2, 0) is 4.79 Å². The Morgan fingerprint density at radius 1 is 1.37 bits per heavy atom.